The molecule has 1 N–H and O–H groups in total. The van der Waals surface area contributed by atoms with E-state index in [0.29, 0.717) is 19.5 Å². The largest absolute Gasteiger partial charge is 0.480 e. The maximum absolute atomic E-state index is 12.1. The Kier molecular flexibility index (Phi) is 7.34. The van der Waals surface area contributed by atoms with Gasteiger partial charge >= 0.3 is 12.0 Å². The molecule has 100 valence electrons. The second-order valence-corrected chi connectivity index (χ2v) is 4.14. The van der Waals surface area contributed by atoms with E-state index in [1.165, 1.54) is 4.90 Å². The van der Waals surface area contributed by atoms with Crippen molar-refractivity contribution in [1.29, 1.82) is 0 Å². The summed E-state index contributed by atoms with van der Waals surface area (Å²) in [4.78, 5) is 26.2. The quantitative estimate of drug-likeness (QED) is 0.745. The molecule has 0 aliphatic carbocycles. The van der Waals surface area contributed by atoms with Crippen molar-refractivity contribution in [2.45, 2.75) is 46.1 Å². The maximum atomic E-state index is 12.1. The second-order valence-electron chi connectivity index (χ2n) is 4.14. The van der Waals surface area contributed by atoms with Crippen molar-refractivity contribution in [1.82, 2.24) is 9.80 Å². The van der Waals surface area contributed by atoms with Crippen molar-refractivity contribution in [3.05, 3.63) is 0 Å². The van der Waals surface area contributed by atoms with Crippen molar-refractivity contribution in [3.8, 4) is 0 Å². The number of carboxylic acid groups (broad SMARTS) is 1. The number of carbonyl (C=O) groups excluding carboxylic acids is 1. The van der Waals surface area contributed by atoms with Gasteiger partial charge in [0, 0.05) is 20.1 Å². The van der Waals surface area contributed by atoms with Crippen molar-refractivity contribution in [2.24, 2.45) is 0 Å². The monoisotopic (exact) mass is 244 g/mol. The topological polar surface area (TPSA) is 60.9 Å². The van der Waals surface area contributed by atoms with Crippen LogP contribution in [0.25, 0.3) is 0 Å². The number of likely N-dealkylation sites (N-methyl/N-ethyl adjacent to an activating group) is 1. The average Bonchev–Trinajstić information content (AvgIpc) is 2.28. The first-order valence-corrected chi connectivity index (χ1v) is 6.24. The molecule has 1 atom stereocenters. The summed E-state index contributed by atoms with van der Waals surface area (Å²) in [6, 6.07) is -0.929. The predicted octanol–water partition coefficient (Wildman–Crippen LogP) is 2.02. The van der Waals surface area contributed by atoms with E-state index in [1.807, 2.05) is 13.8 Å². The van der Waals surface area contributed by atoms with E-state index in [4.69, 9.17) is 5.11 Å². The summed E-state index contributed by atoms with van der Waals surface area (Å²) in [7, 11) is 1.56. The van der Waals surface area contributed by atoms with Gasteiger partial charge in [-0.3, -0.25) is 0 Å². The number of nitrogens with zero attached hydrogens (tertiary/aromatic N) is 2. The van der Waals surface area contributed by atoms with Gasteiger partial charge in [0.05, 0.1) is 0 Å². The van der Waals surface area contributed by atoms with Gasteiger partial charge in [-0.05, 0) is 19.3 Å². The van der Waals surface area contributed by atoms with E-state index in [-0.39, 0.29) is 6.03 Å². The molecule has 0 aliphatic rings. The molecule has 0 radical (unpaired) electrons. The van der Waals surface area contributed by atoms with Gasteiger partial charge in [-0.2, -0.15) is 0 Å². The molecule has 0 aromatic carbocycles. The molecular formula is C12H24N2O3. The highest BCUT2D eigenvalue weighted by Gasteiger charge is 2.27. The number of amides is 2. The van der Waals surface area contributed by atoms with E-state index < -0.39 is 12.0 Å². The molecular weight excluding hydrogens is 220 g/mol. The van der Waals surface area contributed by atoms with Crippen LogP contribution in [0.15, 0.2) is 0 Å². The summed E-state index contributed by atoms with van der Waals surface area (Å²) >= 11 is 0. The van der Waals surface area contributed by atoms with E-state index in [2.05, 4.69) is 0 Å². The zero-order chi connectivity index (χ0) is 13.4. The van der Waals surface area contributed by atoms with E-state index in [1.54, 1.807) is 18.9 Å². The molecule has 0 spiro atoms. The van der Waals surface area contributed by atoms with Crippen LogP contribution in [0, 0.1) is 0 Å². The number of carbonyl (C=O) groups is 2. The molecule has 5 nitrogen and oxygen atoms in total. The van der Waals surface area contributed by atoms with Gasteiger partial charge in [0.15, 0.2) is 0 Å². The van der Waals surface area contributed by atoms with Crippen molar-refractivity contribution < 1.29 is 14.7 Å². The SMILES string of the molecule is CCCN(CCC)C(=O)N(C)C(CC)C(=O)O. The molecule has 0 saturated heterocycles. The molecule has 0 bridgehead atoms. The summed E-state index contributed by atoms with van der Waals surface area (Å²) in [5.41, 5.74) is 0. The Morgan fingerprint density at radius 1 is 1.12 bits per heavy atom. The first-order chi connectivity index (χ1) is 7.99. The number of carboxylic acids is 1. The van der Waals surface area contributed by atoms with Crippen molar-refractivity contribution >= 4 is 12.0 Å². The molecule has 0 saturated carbocycles. The molecule has 2 amide bonds. The zero-order valence-electron chi connectivity index (χ0n) is 11.3. The Hall–Kier alpha value is -1.26. The molecule has 1 unspecified atom stereocenters. The summed E-state index contributed by atoms with van der Waals surface area (Å²) in [6.45, 7) is 7.13. The Labute approximate surface area is 103 Å². The summed E-state index contributed by atoms with van der Waals surface area (Å²) in [6.07, 6.45) is 2.18. The molecule has 0 aliphatic heterocycles. The summed E-state index contributed by atoms with van der Waals surface area (Å²) < 4.78 is 0. The minimum atomic E-state index is -0.948. The minimum absolute atomic E-state index is 0.192. The van der Waals surface area contributed by atoms with E-state index >= 15 is 0 Å². The van der Waals surface area contributed by atoms with Crippen LogP contribution in [0.2, 0.25) is 0 Å². The standard InChI is InChI=1S/C12H24N2O3/c1-5-8-14(9-6-2)12(17)13(4)10(7-3)11(15)16/h10H,5-9H2,1-4H3,(H,15,16). The fourth-order valence-corrected chi connectivity index (χ4v) is 1.81. The van der Waals surface area contributed by atoms with Gasteiger partial charge in [0.2, 0.25) is 0 Å². The van der Waals surface area contributed by atoms with Gasteiger partial charge in [0.1, 0.15) is 6.04 Å². The lowest BCUT2D eigenvalue weighted by atomic mass is 10.2. The molecule has 0 fully saturated rings. The third-order valence-corrected chi connectivity index (χ3v) is 2.70. The third kappa shape index (κ3) is 4.63. The Morgan fingerprint density at radius 3 is 1.88 bits per heavy atom. The lowest BCUT2D eigenvalue weighted by Gasteiger charge is -2.31. The normalized spacial score (nSPS) is 12.0. The number of hydrogen-bond donors (Lipinski definition) is 1. The second kappa shape index (κ2) is 7.92. The van der Waals surface area contributed by atoms with Crippen LogP contribution >= 0.6 is 0 Å². The van der Waals surface area contributed by atoms with Gasteiger partial charge in [-0.15, -0.1) is 0 Å². The van der Waals surface area contributed by atoms with E-state index in [9.17, 15) is 9.59 Å². The van der Waals surface area contributed by atoms with Gasteiger partial charge < -0.3 is 14.9 Å². The highest BCUT2D eigenvalue weighted by molar-refractivity contribution is 5.82. The highest BCUT2D eigenvalue weighted by atomic mass is 16.4. The molecule has 0 aromatic heterocycles. The Balaban J connectivity index is 4.67. The van der Waals surface area contributed by atoms with Crippen LogP contribution in [0.4, 0.5) is 4.79 Å². The smallest absolute Gasteiger partial charge is 0.326 e. The lowest BCUT2D eigenvalue weighted by Crippen LogP contribution is -2.49. The number of rotatable bonds is 7. The van der Waals surface area contributed by atoms with Crippen LogP contribution in [0.3, 0.4) is 0 Å². The van der Waals surface area contributed by atoms with Crippen LogP contribution in [0.5, 0.6) is 0 Å². The lowest BCUT2D eigenvalue weighted by molar-refractivity contribution is -0.142. The van der Waals surface area contributed by atoms with Crippen LogP contribution in [-0.2, 0) is 4.79 Å². The van der Waals surface area contributed by atoms with E-state index in [0.717, 1.165) is 12.8 Å². The van der Waals surface area contributed by atoms with Gasteiger partial charge in [-0.25, -0.2) is 9.59 Å². The third-order valence-electron chi connectivity index (χ3n) is 2.70. The first kappa shape index (κ1) is 15.7. The van der Waals surface area contributed by atoms with Gasteiger partial charge in [-0.1, -0.05) is 20.8 Å². The molecule has 5 heteroatoms. The molecule has 0 aromatic rings. The molecule has 0 heterocycles. The van der Waals surface area contributed by atoms with Crippen LogP contribution < -0.4 is 0 Å². The van der Waals surface area contributed by atoms with Crippen molar-refractivity contribution in [2.75, 3.05) is 20.1 Å². The number of aliphatic carboxylic acids is 1. The van der Waals surface area contributed by atoms with Crippen LogP contribution in [0.1, 0.15) is 40.0 Å². The fraction of sp³-hybridized carbons (Fsp3) is 0.833. The highest BCUT2D eigenvalue weighted by Crippen LogP contribution is 2.07. The van der Waals surface area contributed by atoms with Crippen LogP contribution in [-0.4, -0.2) is 53.1 Å². The number of hydrogen-bond acceptors (Lipinski definition) is 2. The Morgan fingerprint density at radius 2 is 1.59 bits per heavy atom. The summed E-state index contributed by atoms with van der Waals surface area (Å²) in [5, 5.41) is 9.02. The fourth-order valence-electron chi connectivity index (χ4n) is 1.81. The van der Waals surface area contributed by atoms with Gasteiger partial charge in [0.25, 0.3) is 0 Å². The minimum Gasteiger partial charge on any atom is -0.480 e. The maximum Gasteiger partial charge on any atom is 0.326 e. The Bertz CT molecular complexity index is 250. The molecule has 17 heavy (non-hydrogen) atoms. The zero-order valence-corrected chi connectivity index (χ0v) is 11.3. The average molecular weight is 244 g/mol. The summed E-state index contributed by atoms with van der Waals surface area (Å²) in [5.74, 6) is -0.948. The first-order valence-electron chi connectivity index (χ1n) is 6.24. The predicted molar refractivity (Wildman–Crippen MR) is 67.0 cm³/mol. The van der Waals surface area contributed by atoms with Crippen molar-refractivity contribution in [3.63, 3.8) is 0 Å². The molecule has 0 rings (SSSR count). The number of urea groups is 1.